The van der Waals surface area contributed by atoms with Crippen molar-refractivity contribution in [1.29, 1.82) is 0 Å². The van der Waals surface area contributed by atoms with Crippen LogP contribution in [0.5, 0.6) is 0 Å². The Hall–Kier alpha value is -0.950. The molecule has 0 aliphatic carbocycles. The van der Waals surface area contributed by atoms with E-state index >= 15 is 0 Å². The summed E-state index contributed by atoms with van der Waals surface area (Å²) in [6.45, 7) is 1.57. The van der Waals surface area contributed by atoms with Gasteiger partial charge in [-0.05, 0) is 31.8 Å². The highest BCUT2D eigenvalue weighted by Crippen LogP contribution is 2.14. The maximum absolute atomic E-state index is 12.2. The molecule has 1 aromatic carbocycles. The average molecular weight is 271 g/mol. The van der Waals surface area contributed by atoms with Crippen LogP contribution in [0.25, 0.3) is 0 Å². The van der Waals surface area contributed by atoms with Gasteiger partial charge in [0.25, 0.3) is 0 Å². The second kappa shape index (κ2) is 6.29. The zero-order valence-corrected chi connectivity index (χ0v) is 11.9. The lowest BCUT2D eigenvalue weighted by atomic mass is 10.2. The number of benzene rings is 1. The van der Waals surface area contributed by atoms with Crippen molar-refractivity contribution in [3.05, 3.63) is 29.8 Å². The first-order valence-corrected chi connectivity index (χ1v) is 7.22. The minimum atomic E-state index is -3.39. The van der Waals surface area contributed by atoms with E-state index in [-0.39, 0.29) is 0 Å². The number of hydrogen-bond donors (Lipinski definition) is 1. The molecule has 1 aromatic rings. The van der Waals surface area contributed by atoms with Crippen LogP contribution in [0.3, 0.4) is 0 Å². The van der Waals surface area contributed by atoms with Gasteiger partial charge in [-0.25, -0.2) is 8.42 Å². The standard InChI is InChI=1S/C12H21N3O2S/c1-14(2)8-9-15(3)18(16,17)12-6-4-11(10-13)5-7-12/h4-7H,8-10,13H2,1-3H3. The summed E-state index contributed by atoms with van der Waals surface area (Å²) in [5, 5.41) is 0. The smallest absolute Gasteiger partial charge is 0.242 e. The number of likely N-dealkylation sites (N-methyl/N-ethyl adjacent to an activating group) is 2. The summed E-state index contributed by atoms with van der Waals surface area (Å²) in [5.74, 6) is 0. The number of sulfonamides is 1. The summed E-state index contributed by atoms with van der Waals surface area (Å²) in [6, 6.07) is 6.69. The predicted molar refractivity (Wildman–Crippen MR) is 72.7 cm³/mol. The third-order valence-electron chi connectivity index (χ3n) is 2.73. The fraction of sp³-hybridized carbons (Fsp3) is 0.500. The molecule has 0 saturated heterocycles. The minimum absolute atomic E-state index is 0.306. The van der Waals surface area contributed by atoms with Crippen molar-refractivity contribution in [2.24, 2.45) is 5.73 Å². The van der Waals surface area contributed by atoms with Gasteiger partial charge in [0, 0.05) is 26.7 Å². The van der Waals surface area contributed by atoms with E-state index in [1.165, 1.54) is 4.31 Å². The summed E-state index contributed by atoms with van der Waals surface area (Å²) in [7, 11) is 2.03. The Kier molecular flexibility index (Phi) is 5.28. The monoisotopic (exact) mass is 271 g/mol. The largest absolute Gasteiger partial charge is 0.326 e. The molecule has 18 heavy (non-hydrogen) atoms. The highest BCUT2D eigenvalue weighted by atomic mass is 32.2. The lowest BCUT2D eigenvalue weighted by molar-refractivity contribution is 0.358. The Balaban J connectivity index is 2.84. The number of hydrogen-bond acceptors (Lipinski definition) is 4. The van der Waals surface area contributed by atoms with Crippen LogP contribution in [0.2, 0.25) is 0 Å². The van der Waals surface area contributed by atoms with Gasteiger partial charge in [0.1, 0.15) is 0 Å². The van der Waals surface area contributed by atoms with Crippen LogP contribution in [0.4, 0.5) is 0 Å². The predicted octanol–water partition coefficient (Wildman–Crippen LogP) is 0.327. The van der Waals surface area contributed by atoms with Crippen LogP contribution in [0.15, 0.2) is 29.2 Å². The van der Waals surface area contributed by atoms with E-state index in [0.717, 1.165) is 5.56 Å². The summed E-state index contributed by atoms with van der Waals surface area (Å²) in [4.78, 5) is 2.25. The Morgan fingerprint density at radius 2 is 1.61 bits per heavy atom. The molecule has 0 amide bonds. The average Bonchev–Trinajstić information content (AvgIpc) is 2.35. The SMILES string of the molecule is CN(C)CCN(C)S(=O)(=O)c1ccc(CN)cc1. The van der Waals surface area contributed by atoms with Crippen LogP contribution in [-0.4, -0.2) is 51.9 Å². The Bertz CT molecular complexity index is 469. The maximum Gasteiger partial charge on any atom is 0.242 e. The molecule has 0 fully saturated rings. The molecule has 6 heteroatoms. The minimum Gasteiger partial charge on any atom is -0.326 e. The van der Waals surface area contributed by atoms with Gasteiger partial charge in [0.05, 0.1) is 4.90 Å². The van der Waals surface area contributed by atoms with Crippen molar-refractivity contribution in [1.82, 2.24) is 9.21 Å². The van der Waals surface area contributed by atoms with Gasteiger partial charge in [-0.15, -0.1) is 0 Å². The van der Waals surface area contributed by atoms with Crippen molar-refractivity contribution in [3.8, 4) is 0 Å². The first-order chi connectivity index (χ1) is 8.37. The Labute approximate surface area is 109 Å². The van der Waals surface area contributed by atoms with Crippen molar-refractivity contribution in [3.63, 3.8) is 0 Å². The zero-order chi connectivity index (χ0) is 13.8. The van der Waals surface area contributed by atoms with Crippen molar-refractivity contribution in [2.45, 2.75) is 11.4 Å². The molecule has 0 spiro atoms. The number of nitrogens with zero attached hydrogens (tertiary/aromatic N) is 2. The van der Waals surface area contributed by atoms with Gasteiger partial charge in [-0.3, -0.25) is 0 Å². The lowest BCUT2D eigenvalue weighted by Gasteiger charge is -2.19. The second-order valence-corrected chi connectivity index (χ2v) is 6.52. The van der Waals surface area contributed by atoms with E-state index in [4.69, 9.17) is 5.73 Å². The van der Waals surface area contributed by atoms with Gasteiger partial charge < -0.3 is 10.6 Å². The lowest BCUT2D eigenvalue weighted by Crippen LogP contribution is -2.33. The van der Waals surface area contributed by atoms with Crippen molar-refractivity contribution >= 4 is 10.0 Å². The highest BCUT2D eigenvalue weighted by Gasteiger charge is 2.20. The molecule has 0 saturated carbocycles. The number of rotatable bonds is 6. The van der Waals surface area contributed by atoms with E-state index in [9.17, 15) is 8.42 Å². The summed E-state index contributed by atoms with van der Waals surface area (Å²) in [6.07, 6.45) is 0. The van der Waals surface area contributed by atoms with E-state index in [1.54, 1.807) is 31.3 Å². The van der Waals surface area contributed by atoms with Gasteiger partial charge in [0.2, 0.25) is 10.0 Å². The van der Waals surface area contributed by atoms with E-state index in [0.29, 0.717) is 24.5 Å². The van der Waals surface area contributed by atoms with E-state index in [1.807, 2.05) is 19.0 Å². The fourth-order valence-electron chi connectivity index (χ4n) is 1.44. The van der Waals surface area contributed by atoms with Crippen molar-refractivity contribution in [2.75, 3.05) is 34.2 Å². The van der Waals surface area contributed by atoms with Crippen molar-refractivity contribution < 1.29 is 8.42 Å². The molecule has 0 unspecified atom stereocenters. The topological polar surface area (TPSA) is 66.6 Å². The molecule has 0 heterocycles. The molecule has 0 aromatic heterocycles. The quantitative estimate of drug-likeness (QED) is 0.809. The van der Waals surface area contributed by atoms with Crippen LogP contribution in [0, 0.1) is 0 Å². The second-order valence-electron chi connectivity index (χ2n) is 4.48. The molecular formula is C12H21N3O2S. The maximum atomic E-state index is 12.2. The molecule has 1 rings (SSSR count). The molecule has 5 nitrogen and oxygen atoms in total. The highest BCUT2D eigenvalue weighted by molar-refractivity contribution is 7.89. The molecule has 0 bridgehead atoms. The first kappa shape index (κ1) is 15.1. The molecule has 0 aliphatic rings. The first-order valence-electron chi connectivity index (χ1n) is 5.78. The van der Waals surface area contributed by atoms with Gasteiger partial charge >= 0.3 is 0 Å². The van der Waals surface area contributed by atoms with Crippen LogP contribution in [0.1, 0.15) is 5.56 Å². The Morgan fingerprint density at radius 1 is 1.06 bits per heavy atom. The Morgan fingerprint density at radius 3 is 2.06 bits per heavy atom. The molecular weight excluding hydrogens is 250 g/mol. The molecule has 0 atom stereocenters. The zero-order valence-electron chi connectivity index (χ0n) is 11.1. The van der Waals surface area contributed by atoms with Crippen LogP contribution in [-0.2, 0) is 16.6 Å². The van der Waals surface area contributed by atoms with Gasteiger partial charge in [-0.1, -0.05) is 12.1 Å². The normalized spacial score (nSPS) is 12.3. The molecule has 102 valence electrons. The third-order valence-corrected chi connectivity index (χ3v) is 4.60. The van der Waals surface area contributed by atoms with E-state index < -0.39 is 10.0 Å². The molecule has 2 N–H and O–H groups in total. The summed E-state index contributed by atoms with van der Waals surface area (Å²) < 4.78 is 25.8. The fourth-order valence-corrected chi connectivity index (χ4v) is 2.60. The third kappa shape index (κ3) is 3.78. The van der Waals surface area contributed by atoms with Gasteiger partial charge in [0.15, 0.2) is 0 Å². The molecule has 0 radical (unpaired) electrons. The van der Waals surface area contributed by atoms with Crippen LogP contribution < -0.4 is 5.73 Å². The van der Waals surface area contributed by atoms with E-state index in [2.05, 4.69) is 0 Å². The summed E-state index contributed by atoms with van der Waals surface area (Å²) >= 11 is 0. The molecule has 0 aliphatic heterocycles. The summed E-state index contributed by atoms with van der Waals surface area (Å²) in [5.41, 5.74) is 6.41. The number of nitrogens with two attached hydrogens (primary N) is 1. The van der Waals surface area contributed by atoms with Crippen LogP contribution >= 0.6 is 0 Å². The van der Waals surface area contributed by atoms with Gasteiger partial charge in [-0.2, -0.15) is 4.31 Å².